The van der Waals surface area contributed by atoms with Crippen molar-refractivity contribution in [3.05, 3.63) is 18.0 Å². The summed E-state index contributed by atoms with van der Waals surface area (Å²) in [4.78, 5) is 0.375. The maximum Gasteiger partial charge on any atom is 0.242 e. The molecule has 120 valence electrons. The maximum absolute atomic E-state index is 12.4. The highest BCUT2D eigenvalue weighted by atomic mass is 32.2. The summed E-state index contributed by atoms with van der Waals surface area (Å²) in [7, 11) is -3.42. The molecule has 0 spiro atoms. The molecule has 1 aromatic heterocycles. The zero-order valence-electron chi connectivity index (χ0n) is 13.2. The third-order valence-electron chi connectivity index (χ3n) is 3.84. The Hall–Kier alpha value is -0.850. The molecule has 2 N–H and O–H groups in total. The predicted octanol–water partition coefficient (Wildman–Crippen LogP) is 2.23. The van der Waals surface area contributed by atoms with Crippen LogP contribution in [0.4, 0.5) is 0 Å². The highest BCUT2D eigenvalue weighted by Gasteiger charge is 2.23. The minimum absolute atomic E-state index is 0.0296. The lowest BCUT2D eigenvalue weighted by Crippen LogP contribution is -2.32. The van der Waals surface area contributed by atoms with E-state index in [1.165, 1.54) is 12.8 Å². The molecule has 1 saturated carbocycles. The molecular weight excluding hydrogens is 286 g/mol. The van der Waals surface area contributed by atoms with Crippen molar-refractivity contribution in [2.24, 2.45) is 0 Å². The molecular formula is C15H27N3O2S. The van der Waals surface area contributed by atoms with Gasteiger partial charge in [-0.05, 0) is 39.2 Å². The molecule has 5 nitrogen and oxygen atoms in total. The fourth-order valence-electron chi connectivity index (χ4n) is 2.48. The standard InChI is InChI=1S/C15H27N3O2S/c1-4-6-12(3)17-21(19,20)15-9-14(18(5-2)11-15)10-16-13-7-8-13/h9,11-13,16-17H,4-8,10H2,1-3H3. The van der Waals surface area contributed by atoms with Crippen molar-refractivity contribution in [3.8, 4) is 0 Å². The Balaban J connectivity index is 2.10. The number of hydrogen-bond acceptors (Lipinski definition) is 3. The van der Waals surface area contributed by atoms with Gasteiger partial charge < -0.3 is 9.88 Å². The van der Waals surface area contributed by atoms with Crippen molar-refractivity contribution in [1.82, 2.24) is 14.6 Å². The number of rotatable bonds is 9. The van der Waals surface area contributed by atoms with Crippen LogP contribution in [0, 0.1) is 0 Å². The Labute approximate surface area is 128 Å². The quantitative estimate of drug-likeness (QED) is 0.735. The number of aromatic nitrogens is 1. The van der Waals surface area contributed by atoms with E-state index in [0.717, 1.165) is 31.6 Å². The van der Waals surface area contributed by atoms with E-state index in [1.54, 1.807) is 12.3 Å². The van der Waals surface area contributed by atoms with Crippen LogP contribution in [0.3, 0.4) is 0 Å². The number of sulfonamides is 1. The minimum Gasteiger partial charge on any atom is -0.349 e. The van der Waals surface area contributed by atoms with E-state index in [0.29, 0.717) is 10.9 Å². The topological polar surface area (TPSA) is 63.1 Å². The van der Waals surface area contributed by atoms with Crippen LogP contribution in [0.15, 0.2) is 17.2 Å². The second-order valence-electron chi connectivity index (χ2n) is 5.92. The summed E-state index contributed by atoms with van der Waals surface area (Å²) >= 11 is 0. The molecule has 1 fully saturated rings. The van der Waals surface area contributed by atoms with Crippen LogP contribution in [0.5, 0.6) is 0 Å². The van der Waals surface area contributed by atoms with Crippen LogP contribution in [-0.4, -0.2) is 25.1 Å². The minimum atomic E-state index is -3.42. The second kappa shape index (κ2) is 6.94. The summed E-state index contributed by atoms with van der Waals surface area (Å²) in [5.74, 6) is 0. The summed E-state index contributed by atoms with van der Waals surface area (Å²) in [5.41, 5.74) is 1.04. The van der Waals surface area contributed by atoms with Crippen LogP contribution in [0.25, 0.3) is 0 Å². The first-order valence-corrected chi connectivity index (χ1v) is 9.39. The molecule has 6 heteroatoms. The van der Waals surface area contributed by atoms with Gasteiger partial charge in [-0.2, -0.15) is 0 Å². The van der Waals surface area contributed by atoms with Crippen molar-refractivity contribution >= 4 is 10.0 Å². The second-order valence-corrected chi connectivity index (χ2v) is 7.63. The normalized spacial score (nSPS) is 17.1. The molecule has 0 radical (unpaired) electrons. The largest absolute Gasteiger partial charge is 0.349 e. The van der Waals surface area contributed by atoms with Gasteiger partial charge in [-0.15, -0.1) is 0 Å². The molecule has 0 aromatic carbocycles. The predicted molar refractivity (Wildman–Crippen MR) is 84.7 cm³/mol. The first kappa shape index (κ1) is 16.5. The van der Waals surface area contributed by atoms with Gasteiger partial charge in [-0.3, -0.25) is 0 Å². The number of hydrogen-bond donors (Lipinski definition) is 2. The average molecular weight is 313 g/mol. The lowest BCUT2D eigenvalue weighted by Gasteiger charge is -2.12. The molecule has 1 aliphatic carbocycles. The van der Waals surface area contributed by atoms with E-state index in [9.17, 15) is 8.42 Å². The molecule has 2 rings (SSSR count). The molecule has 1 unspecified atom stereocenters. The van der Waals surface area contributed by atoms with Gasteiger partial charge in [0, 0.05) is 37.1 Å². The average Bonchev–Trinajstić information content (AvgIpc) is 3.14. The smallest absolute Gasteiger partial charge is 0.242 e. The Morgan fingerprint density at radius 2 is 2.10 bits per heavy atom. The zero-order valence-corrected chi connectivity index (χ0v) is 14.0. The third-order valence-corrected chi connectivity index (χ3v) is 5.40. The van der Waals surface area contributed by atoms with Gasteiger partial charge in [0.1, 0.15) is 0 Å². The van der Waals surface area contributed by atoms with E-state index in [4.69, 9.17) is 0 Å². The molecule has 0 bridgehead atoms. The molecule has 21 heavy (non-hydrogen) atoms. The van der Waals surface area contributed by atoms with Gasteiger partial charge in [-0.1, -0.05) is 13.3 Å². The highest BCUT2D eigenvalue weighted by molar-refractivity contribution is 7.89. The van der Waals surface area contributed by atoms with E-state index in [-0.39, 0.29) is 6.04 Å². The summed E-state index contributed by atoms with van der Waals surface area (Å²) in [6.07, 6.45) is 6.02. The van der Waals surface area contributed by atoms with Crippen molar-refractivity contribution in [2.45, 2.75) is 76.5 Å². The highest BCUT2D eigenvalue weighted by Crippen LogP contribution is 2.21. The van der Waals surface area contributed by atoms with E-state index in [1.807, 2.05) is 18.4 Å². The summed E-state index contributed by atoms with van der Waals surface area (Å²) in [6.45, 7) is 7.51. The van der Waals surface area contributed by atoms with Gasteiger partial charge in [0.2, 0.25) is 10.0 Å². The number of nitrogens with zero attached hydrogens (tertiary/aromatic N) is 1. The lowest BCUT2D eigenvalue weighted by molar-refractivity contribution is 0.543. The molecule has 0 amide bonds. The van der Waals surface area contributed by atoms with Crippen molar-refractivity contribution < 1.29 is 8.42 Å². The first-order chi connectivity index (χ1) is 9.96. The Kier molecular flexibility index (Phi) is 5.46. The van der Waals surface area contributed by atoms with Crippen molar-refractivity contribution in [3.63, 3.8) is 0 Å². The van der Waals surface area contributed by atoms with Crippen LogP contribution in [-0.2, 0) is 23.1 Å². The molecule has 1 aliphatic rings. The SMILES string of the molecule is CCCC(C)NS(=O)(=O)c1cc(CNC2CC2)n(CC)c1. The third kappa shape index (κ3) is 4.56. The van der Waals surface area contributed by atoms with Gasteiger partial charge in [-0.25, -0.2) is 13.1 Å². The van der Waals surface area contributed by atoms with Crippen molar-refractivity contribution in [2.75, 3.05) is 0 Å². The Bertz CT molecular complexity index is 561. The lowest BCUT2D eigenvalue weighted by atomic mass is 10.2. The fourth-order valence-corrected chi connectivity index (χ4v) is 3.82. The summed E-state index contributed by atoms with van der Waals surface area (Å²) in [6, 6.07) is 2.38. The van der Waals surface area contributed by atoms with E-state index in [2.05, 4.69) is 17.0 Å². The first-order valence-electron chi connectivity index (χ1n) is 7.91. The molecule has 1 heterocycles. The fraction of sp³-hybridized carbons (Fsp3) is 0.733. The van der Waals surface area contributed by atoms with Gasteiger partial charge >= 0.3 is 0 Å². The molecule has 1 aromatic rings. The number of nitrogens with one attached hydrogen (secondary N) is 2. The van der Waals surface area contributed by atoms with E-state index < -0.39 is 10.0 Å². The Morgan fingerprint density at radius 1 is 1.38 bits per heavy atom. The van der Waals surface area contributed by atoms with Crippen molar-refractivity contribution in [1.29, 1.82) is 0 Å². The molecule has 0 saturated heterocycles. The number of aryl methyl sites for hydroxylation is 1. The zero-order chi connectivity index (χ0) is 15.5. The monoisotopic (exact) mass is 313 g/mol. The van der Waals surface area contributed by atoms with Crippen LogP contribution in [0.2, 0.25) is 0 Å². The summed E-state index contributed by atoms with van der Waals surface area (Å²) < 4.78 is 29.6. The van der Waals surface area contributed by atoms with Gasteiger partial charge in [0.15, 0.2) is 0 Å². The van der Waals surface area contributed by atoms with Gasteiger partial charge in [0.05, 0.1) is 4.90 Å². The maximum atomic E-state index is 12.4. The van der Waals surface area contributed by atoms with E-state index >= 15 is 0 Å². The molecule has 1 atom stereocenters. The van der Waals surface area contributed by atoms with Crippen LogP contribution < -0.4 is 10.0 Å². The van der Waals surface area contributed by atoms with Crippen LogP contribution in [0.1, 0.15) is 52.1 Å². The Morgan fingerprint density at radius 3 is 2.67 bits per heavy atom. The molecule has 0 aliphatic heterocycles. The van der Waals surface area contributed by atoms with Gasteiger partial charge in [0.25, 0.3) is 0 Å². The summed E-state index contributed by atoms with van der Waals surface area (Å²) in [5, 5.41) is 3.44. The van der Waals surface area contributed by atoms with Crippen LogP contribution >= 0.6 is 0 Å².